The van der Waals surface area contributed by atoms with E-state index in [1.54, 1.807) is 0 Å². The van der Waals surface area contributed by atoms with Crippen LogP contribution in [0.5, 0.6) is 0 Å². The van der Waals surface area contributed by atoms with Gasteiger partial charge in [0.05, 0.1) is 18.2 Å². The lowest BCUT2D eigenvalue weighted by Crippen LogP contribution is -2.60. The van der Waals surface area contributed by atoms with Gasteiger partial charge in [0, 0.05) is 71.0 Å². The second-order valence-electron chi connectivity index (χ2n) is 26.2. The molecule has 0 amide bonds. The van der Waals surface area contributed by atoms with E-state index >= 15 is 0 Å². The number of fused-ring (bicyclic) bond motifs is 9. The third-order valence-corrected chi connectivity index (χ3v) is 18.8. The molecular weight excluding hydrogens is 1060 g/mol. The van der Waals surface area contributed by atoms with Crippen molar-refractivity contribution in [3.05, 3.63) is 265 Å². The molecule has 6 heteroatoms. The standard InChI is InChI=1S/C80H68BN3OS/c1-78(2,3)56-30-35-59(36-31-56)82(60-37-32-57(33-38-60)79(4,5)6)62-39-41-67-69(50-62)84(68-42-29-54(51-21-13-10-14-22-51)45-64(68)53-25-17-12-18-26-53)71-47-55(52-23-15-11-16-24-52)46-70-75(71)81(67)77-76(66-48-58(80(7,8)9)34-44-74(66)86-77)83(70)61-40-43-73-65(49-61)63-27-19-20-28-72(63)85-73/h10-50H,1-9H3/i11D,15D,16D,23D,24D. The topological polar surface area (TPSA) is 22.9 Å². The van der Waals surface area contributed by atoms with Crippen LogP contribution in [0.1, 0.15) is 85.9 Å². The molecule has 4 nitrogen and oxygen atoms in total. The maximum atomic E-state index is 9.74. The summed E-state index contributed by atoms with van der Waals surface area (Å²) in [6.07, 6.45) is 0. The van der Waals surface area contributed by atoms with Crippen LogP contribution in [-0.2, 0) is 16.2 Å². The Bertz CT molecular complexity index is 4990. The molecule has 0 unspecified atom stereocenters. The fraction of sp³-hybridized carbons (Fsp3) is 0.150. The van der Waals surface area contributed by atoms with E-state index in [2.05, 4.69) is 271 Å². The largest absolute Gasteiger partial charge is 0.456 e. The first-order valence-electron chi connectivity index (χ1n) is 32.3. The Kier molecular flexibility index (Phi) is 11.2. The first-order valence-corrected chi connectivity index (χ1v) is 30.7. The lowest BCUT2D eigenvalue weighted by Gasteiger charge is -2.44. The summed E-state index contributed by atoms with van der Waals surface area (Å²) in [6, 6.07) is 76.8. The Morgan fingerprint density at radius 3 is 1.67 bits per heavy atom. The van der Waals surface area contributed by atoms with Crippen LogP contribution < -0.4 is 30.4 Å². The van der Waals surface area contributed by atoms with Crippen LogP contribution in [0.2, 0.25) is 0 Å². The highest BCUT2D eigenvalue weighted by atomic mass is 32.1. The first-order chi connectivity index (χ1) is 43.6. The van der Waals surface area contributed by atoms with Crippen molar-refractivity contribution in [1.29, 1.82) is 0 Å². The Balaban J connectivity index is 1.10. The van der Waals surface area contributed by atoms with Gasteiger partial charge in [-0.1, -0.05) is 214 Å². The van der Waals surface area contributed by atoms with Gasteiger partial charge in [-0.25, -0.2) is 0 Å². The summed E-state index contributed by atoms with van der Waals surface area (Å²) in [5.74, 6) is 0. The number of rotatable bonds is 8. The summed E-state index contributed by atoms with van der Waals surface area (Å²) in [6.45, 7) is 20.0. The van der Waals surface area contributed by atoms with Gasteiger partial charge < -0.3 is 19.1 Å². The Labute approximate surface area is 517 Å². The van der Waals surface area contributed by atoms with Gasteiger partial charge in [-0.15, -0.1) is 11.3 Å². The van der Waals surface area contributed by atoms with Gasteiger partial charge in [-0.2, -0.15) is 0 Å². The molecule has 2 aliphatic heterocycles. The average Bonchev–Trinajstić information content (AvgIpc) is 1.68. The second-order valence-corrected chi connectivity index (χ2v) is 27.3. The molecule has 2 aromatic heterocycles. The lowest BCUT2D eigenvalue weighted by molar-refractivity contribution is 0.590. The number of para-hydroxylation sites is 1. The highest BCUT2D eigenvalue weighted by Crippen LogP contribution is 2.53. The van der Waals surface area contributed by atoms with Crippen molar-refractivity contribution >= 4 is 117 Å². The minimum atomic E-state index is -0.441. The highest BCUT2D eigenvalue weighted by Gasteiger charge is 2.46. The number of benzene rings is 11. The van der Waals surface area contributed by atoms with Crippen LogP contribution in [0.25, 0.3) is 65.4 Å². The van der Waals surface area contributed by atoms with Crippen LogP contribution in [0.15, 0.2) is 253 Å². The quantitative estimate of drug-likeness (QED) is 0.141. The smallest absolute Gasteiger partial charge is 0.264 e. The fourth-order valence-electron chi connectivity index (χ4n) is 13.0. The lowest BCUT2D eigenvalue weighted by atomic mass is 9.36. The SMILES string of the molecule is [2H]c1c([2H])c([2H])c(-c2cc3c4c(c2)N(c2ccc5oc6ccccc6c5c2)c2c(sc5ccc(C(C)(C)C)cc25)B4c2ccc(N(c4ccc(C(C)(C)C)cc4)c4ccc(C(C)(C)C)cc4)cc2N3c2ccc(-c3ccccc3)cc2-c2ccccc2)c([2H])c1[2H]. The molecule has 2 aliphatic rings. The minimum Gasteiger partial charge on any atom is -0.456 e. The van der Waals surface area contributed by atoms with Crippen molar-refractivity contribution in [2.75, 3.05) is 14.7 Å². The molecule has 0 aliphatic carbocycles. The molecule has 0 saturated carbocycles. The second kappa shape index (κ2) is 20.1. The zero-order valence-corrected chi connectivity index (χ0v) is 50.8. The molecule has 0 radical (unpaired) electrons. The van der Waals surface area contributed by atoms with Crippen molar-refractivity contribution in [3.8, 4) is 33.4 Å². The van der Waals surface area contributed by atoms with Crippen LogP contribution in [0, 0.1) is 0 Å². The molecule has 4 heterocycles. The van der Waals surface area contributed by atoms with Crippen molar-refractivity contribution in [2.24, 2.45) is 0 Å². The Morgan fingerprint density at radius 2 is 1.01 bits per heavy atom. The van der Waals surface area contributed by atoms with Crippen LogP contribution >= 0.6 is 11.3 Å². The third-order valence-electron chi connectivity index (χ3n) is 17.6. The monoisotopic (exact) mass is 1130 g/mol. The van der Waals surface area contributed by atoms with Crippen LogP contribution in [0.4, 0.5) is 51.2 Å². The van der Waals surface area contributed by atoms with E-state index in [0.29, 0.717) is 5.56 Å². The van der Waals surface area contributed by atoms with Crippen molar-refractivity contribution < 1.29 is 11.3 Å². The van der Waals surface area contributed by atoms with E-state index in [9.17, 15) is 5.48 Å². The number of hydrogen-bond donors (Lipinski definition) is 0. The molecule has 0 N–H and O–H groups in total. The highest BCUT2D eigenvalue weighted by molar-refractivity contribution is 7.33. The molecule has 0 atom stereocenters. The minimum absolute atomic E-state index is 0.0630. The van der Waals surface area contributed by atoms with E-state index in [4.69, 9.17) is 5.79 Å². The average molecular weight is 1140 g/mol. The number of anilines is 9. The van der Waals surface area contributed by atoms with E-state index < -0.39 is 18.1 Å². The predicted molar refractivity (Wildman–Crippen MR) is 370 cm³/mol. The van der Waals surface area contributed by atoms with E-state index in [-0.39, 0.29) is 40.6 Å². The van der Waals surface area contributed by atoms with E-state index in [1.807, 2.05) is 35.6 Å². The molecule has 0 saturated heterocycles. The van der Waals surface area contributed by atoms with E-state index in [0.717, 1.165) is 116 Å². The Morgan fingerprint density at radius 1 is 0.419 bits per heavy atom. The number of thiophene rings is 1. The molecule has 418 valence electrons. The molecule has 86 heavy (non-hydrogen) atoms. The zero-order valence-electron chi connectivity index (χ0n) is 55.0. The number of hydrogen-bond acceptors (Lipinski definition) is 5. The number of furan rings is 1. The predicted octanol–water partition coefficient (Wildman–Crippen LogP) is 21.2. The molecule has 0 fully saturated rings. The van der Waals surface area contributed by atoms with Gasteiger partial charge in [0.25, 0.3) is 6.71 Å². The normalized spacial score (nSPS) is 13.9. The number of nitrogens with zero attached hydrogens (tertiary/aromatic N) is 3. The Hall–Kier alpha value is -9.36. The van der Waals surface area contributed by atoms with Crippen molar-refractivity contribution in [2.45, 2.75) is 78.6 Å². The van der Waals surface area contributed by atoms with Gasteiger partial charge in [-0.3, -0.25) is 0 Å². The summed E-state index contributed by atoms with van der Waals surface area (Å²) in [7, 11) is 0. The summed E-state index contributed by atoms with van der Waals surface area (Å²) in [4.78, 5) is 7.18. The zero-order chi connectivity index (χ0) is 63.2. The molecule has 15 rings (SSSR count). The van der Waals surface area contributed by atoms with Gasteiger partial charge in [-0.05, 0) is 169 Å². The van der Waals surface area contributed by atoms with Gasteiger partial charge in [0.2, 0.25) is 0 Å². The van der Waals surface area contributed by atoms with E-state index in [1.165, 1.54) is 21.5 Å². The molecule has 11 aromatic carbocycles. The van der Waals surface area contributed by atoms with Gasteiger partial charge in [0.15, 0.2) is 0 Å². The van der Waals surface area contributed by atoms with Gasteiger partial charge >= 0.3 is 0 Å². The van der Waals surface area contributed by atoms with Crippen molar-refractivity contribution in [3.63, 3.8) is 0 Å². The summed E-state index contributed by atoms with van der Waals surface area (Å²) >= 11 is 1.83. The van der Waals surface area contributed by atoms with Crippen LogP contribution in [0.3, 0.4) is 0 Å². The molecule has 0 spiro atoms. The van der Waals surface area contributed by atoms with Crippen LogP contribution in [-0.4, -0.2) is 6.71 Å². The fourth-order valence-corrected chi connectivity index (χ4v) is 14.3. The third kappa shape index (κ3) is 9.04. The molecule has 0 bridgehead atoms. The molecule has 13 aromatic rings. The van der Waals surface area contributed by atoms with Crippen molar-refractivity contribution in [1.82, 2.24) is 0 Å². The summed E-state index contributed by atoms with van der Waals surface area (Å²) < 4.78 is 55.6. The summed E-state index contributed by atoms with van der Waals surface area (Å²) in [5, 5.41) is 3.08. The maximum Gasteiger partial charge on any atom is 0.264 e. The summed E-state index contributed by atoms with van der Waals surface area (Å²) in [5.41, 5.74) is 20.3. The first kappa shape index (κ1) is 47.9. The van der Waals surface area contributed by atoms with Gasteiger partial charge in [0.1, 0.15) is 11.2 Å². The molecular formula is C80H68BN3OS. The maximum absolute atomic E-state index is 9.74.